The number of phenols is 1. The second kappa shape index (κ2) is 2.92. The molecule has 3 heteroatoms. The summed E-state index contributed by atoms with van der Waals surface area (Å²) in [6, 6.07) is 3.90. The zero-order valence-electron chi connectivity index (χ0n) is 7.37. The first-order chi connectivity index (χ1) is 6.24. The van der Waals surface area contributed by atoms with Crippen LogP contribution in [0.3, 0.4) is 0 Å². The maximum Gasteiger partial charge on any atom is 0.136 e. The molecule has 0 amide bonds. The van der Waals surface area contributed by atoms with Crippen molar-refractivity contribution in [2.45, 2.75) is 13.3 Å². The van der Waals surface area contributed by atoms with Gasteiger partial charge in [0.25, 0.3) is 0 Å². The third-order valence-electron chi connectivity index (χ3n) is 2.21. The Labute approximate surface area is 80.6 Å². The second-order valence-electron chi connectivity index (χ2n) is 2.99. The Hall–Kier alpha value is -1.22. The monoisotopic (exact) mass is 193 g/mol. The van der Waals surface area contributed by atoms with Crippen LogP contribution in [0, 0.1) is 0 Å². The van der Waals surface area contributed by atoms with E-state index in [2.05, 4.69) is 0 Å². The molecule has 0 unspecified atom stereocenters. The molecule has 0 aliphatic rings. The van der Waals surface area contributed by atoms with Crippen LogP contribution in [0.2, 0.25) is 0 Å². The van der Waals surface area contributed by atoms with Gasteiger partial charge in [-0.05, 0) is 12.0 Å². The van der Waals surface area contributed by atoms with E-state index in [1.54, 1.807) is 0 Å². The summed E-state index contributed by atoms with van der Waals surface area (Å²) in [7, 11) is 0. The molecule has 2 aromatic rings. The molecular formula is C10H11NOS. The maximum atomic E-state index is 9.82. The first-order valence-corrected chi connectivity index (χ1v) is 5.09. The predicted molar refractivity (Wildman–Crippen MR) is 57.3 cm³/mol. The topological polar surface area (TPSA) is 46.2 Å². The summed E-state index contributed by atoms with van der Waals surface area (Å²) >= 11 is 1.50. The zero-order chi connectivity index (χ0) is 9.42. The van der Waals surface area contributed by atoms with Crippen molar-refractivity contribution in [3.05, 3.63) is 23.1 Å². The van der Waals surface area contributed by atoms with E-state index in [1.165, 1.54) is 11.3 Å². The van der Waals surface area contributed by atoms with Crippen LogP contribution in [0.4, 0.5) is 5.69 Å². The van der Waals surface area contributed by atoms with E-state index in [-0.39, 0.29) is 0 Å². The molecule has 1 aromatic heterocycles. The van der Waals surface area contributed by atoms with Crippen molar-refractivity contribution in [2.24, 2.45) is 0 Å². The number of rotatable bonds is 1. The van der Waals surface area contributed by atoms with E-state index < -0.39 is 0 Å². The fourth-order valence-electron chi connectivity index (χ4n) is 1.43. The van der Waals surface area contributed by atoms with Crippen molar-refractivity contribution in [3.63, 3.8) is 0 Å². The van der Waals surface area contributed by atoms with Crippen molar-refractivity contribution in [1.82, 2.24) is 0 Å². The standard InChI is InChI=1S/C10H11NOS/c1-2-6-3-4-7-8(11)5-13-10(7)9(6)12/h3-5,12H,2,11H2,1H3. The number of nitrogens with two attached hydrogens (primary N) is 1. The average molecular weight is 193 g/mol. The highest BCUT2D eigenvalue weighted by molar-refractivity contribution is 7.18. The van der Waals surface area contributed by atoms with Gasteiger partial charge in [0.2, 0.25) is 0 Å². The number of thiophene rings is 1. The highest BCUT2D eigenvalue weighted by atomic mass is 32.1. The second-order valence-corrected chi connectivity index (χ2v) is 3.87. The van der Waals surface area contributed by atoms with Crippen molar-refractivity contribution in [2.75, 3.05) is 5.73 Å². The van der Waals surface area contributed by atoms with Crippen LogP contribution >= 0.6 is 11.3 Å². The number of phenolic OH excluding ortho intramolecular Hbond substituents is 1. The number of aryl methyl sites for hydroxylation is 1. The minimum atomic E-state index is 0.390. The molecule has 0 saturated heterocycles. The van der Waals surface area contributed by atoms with Crippen molar-refractivity contribution >= 4 is 27.1 Å². The molecule has 0 radical (unpaired) electrons. The lowest BCUT2D eigenvalue weighted by Gasteiger charge is -2.01. The molecule has 0 aliphatic heterocycles. The van der Waals surface area contributed by atoms with Gasteiger partial charge in [0, 0.05) is 10.8 Å². The van der Waals surface area contributed by atoms with Crippen LogP contribution in [0.5, 0.6) is 5.75 Å². The van der Waals surface area contributed by atoms with Crippen LogP contribution < -0.4 is 5.73 Å². The summed E-state index contributed by atoms with van der Waals surface area (Å²) in [5.74, 6) is 0.390. The van der Waals surface area contributed by atoms with E-state index in [1.807, 2.05) is 24.4 Å². The highest BCUT2D eigenvalue weighted by Gasteiger charge is 2.08. The summed E-state index contributed by atoms with van der Waals surface area (Å²) in [6.45, 7) is 2.03. The molecule has 0 atom stereocenters. The summed E-state index contributed by atoms with van der Waals surface area (Å²) in [6.07, 6.45) is 0.847. The van der Waals surface area contributed by atoms with Gasteiger partial charge in [0.05, 0.1) is 10.4 Å². The molecule has 2 rings (SSSR count). The van der Waals surface area contributed by atoms with E-state index in [0.29, 0.717) is 5.75 Å². The first kappa shape index (κ1) is 8.38. The largest absolute Gasteiger partial charge is 0.506 e. The fourth-order valence-corrected chi connectivity index (χ4v) is 2.36. The highest BCUT2D eigenvalue weighted by Crippen LogP contribution is 2.36. The van der Waals surface area contributed by atoms with Gasteiger partial charge in [-0.3, -0.25) is 0 Å². The molecule has 0 bridgehead atoms. The third kappa shape index (κ3) is 1.16. The van der Waals surface area contributed by atoms with E-state index in [9.17, 15) is 5.11 Å². The molecule has 1 aromatic carbocycles. The minimum Gasteiger partial charge on any atom is -0.506 e. The summed E-state index contributed by atoms with van der Waals surface area (Å²) in [5, 5.41) is 12.6. The Bertz CT molecular complexity index is 447. The number of anilines is 1. The van der Waals surface area contributed by atoms with E-state index >= 15 is 0 Å². The normalized spacial score (nSPS) is 10.8. The minimum absolute atomic E-state index is 0.390. The maximum absolute atomic E-state index is 9.82. The Balaban J connectivity index is 2.80. The van der Waals surface area contributed by atoms with Crippen molar-refractivity contribution < 1.29 is 5.11 Å². The Morgan fingerprint density at radius 2 is 2.23 bits per heavy atom. The molecular weight excluding hydrogens is 182 g/mol. The first-order valence-electron chi connectivity index (χ1n) is 4.21. The molecule has 1 heterocycles. The number of hydrogen-bond acceptors (Lipinski definition) is 3. The Morgan fingerprint density at radius 1 is 1.46 bits per heavy atom. The smallest absolute Gasteiger partial charge is 0.136 e. The van der Waals surface area contributed by atoms with Crippen LogP contribution in [-0.2, 0) is 6.42 Å². The van der Waals surface area contributed by atoms with Gasteiger partial charge in [-0.15, -0.1) is 11.3 Å². The number of fused-ring (bicyclic) bond motifs is 1. The van der Waals surface area contributed by atoms with Crippen LogP contribution in [0.15, 0.2) is 17.5 Å². The number of aromatic hydroxyl groups is 1. The SMILES string of the molecule is CCc1ccc2c(N)csc2c1O. The van der Waals surface area contributed by atoms with Gasteiger partial charge < -0.3 is 10.8 Å². The lowest BCUT2D eigenvalue weighted by atomic mass is 10.1. The van der Waals surface area contributed by atoms with Crippen molar-refractivity contribution in [1.29, 1.82) is 0 Å². The molecule has 0 saturated carbocycles. The molecule has 68 valence electrons. The van der Waals surface area contributed by atoms with Gasteiger partial charge in [-0.25, -0.2) is 0 Å². The summed E-state index contributed by atoms with van der Waals surface area (Å²) < 4.78 is 0.900. The van der Waals surface area contributed by atoms with Gasteiger partial charge >= 0.3 is 0 Å². The van der Waals surface area contributed by atoms with E-state index in [0.717, 1.165) is 27.8 Å². The Kier molecular flexibility index (Phi) is 1.88. The molecule has 0 fully saturated rings. The van der Waals surface area contributed by atoms with Gasteiger partial charge in [0.1, 0.15) is 5.75 Å². The van der Waals surface area contributed by atoms with Gasteiger partial charge in [0.15, 0.2) is 0 Å². The van der Waals surface area contributed by atoms with Gasteiger partial charge in [-0.1, -0.05) is 19.1 Å². The van der Waals surface area contributed by atoms with Crippen LogP contribution in [0.25, 0.3) is 10.1 Å². The predicted octanol–water partition coefficient (Wildman–Crippen LogP) is 2.75. The molecule has 13 heavy (non-hydrogen) atoms. The number of nitrogen functional groups attached to an aromatic ring is 1. The van der Waals surface area contributed by atoms with Crippen LogP contribution in [0.1, 0.15) is 12.5 Å². The molecule has 2 nitrogen and oxygen atoms in total. The zero-order valence-corrected chi connectivity index (χ0v) is 8.19. The average Bonchev–Trinajstić information content (AvgIpc) is 2.50. The quantitative estimate of drug-likeness (QED) is 0.731. The van der Waals surface area contributed by atoms with Crippen molar-refractivity contribution in [3.8, 4) is 5.75 Å². The molecule has 0 aliphatic carbocycles. The Morgan fingerprint density at radius 3 is 2.92 bits per heavy atom. The van der Waals surface area contributed by atoms with E-state index in [4.69, 9.17) is 5.73 Å². The lowest BCUT2D eigenvalue weighted by Crippen LogP contribution is -1.83. The third-order valence-corrected chi connectivity index (χ3v) is 3.23. The molecule has 3 N–H and O–H groups in total. The summed E-state index contributed by atoms with van der Waals surface area (Å²) in [5.41, 5.74) is 7.46. The van der Waals surface area contributed by atoms with Crippen LogP contribution in [-0.4, -0.2) is 5.11 Å². The molecule has 0 spiro atoms. The lowest BCUT2D eigenvalue weighted by molar-refractivity contribution is 0.476. The number of benzene rings is 1. The van der Waals surface area contributed by atoms with Gasteiger partial charge in [-0.2, -0.15) is 0 Å². The number of hydrogen-bond donors (Lipinski definition) is 2. The fraction of sp³-hybridized carbons (Fsp3) is 0.200. The summed E-state index contributed by atoms with van der Waals surface area (Å²) in [4.78, 5) is 0.